The second-order valence-electron chi connectivity index (χ2n) is 3.26. The molecule has 0 atom stereocenters. The second kappa shape index (κ2) is 3.42. The van der Waals surface area contributed by atoms with Crippen molar-refractivity contribution in [1.29, 1.82) is 0 Å². The average Bonchev–Trinajstić information content (AvgIpc) is 2.61. The Labute approximate surface area is 82.5 Å². The van der Waals surface area contributed by atoms with E-state index in [-0.39, 0.29) is 0 Å². The molecule has 2 rings (SSSR count). The molecule has 0 radical (unpaired) electrons. The van der Waals surface area contributed by atoms with Crippen LogP contribution in [-0.2, 0) is 0 Å². The maximum absolute atomic E-state index is 5.81. The van der Waals surface area contributed by atoms with Crippen LogP contribution in [0, 0.1) is 0 Å². The van der Waals surface area contributed by atoms with Crippen LogP contribution in [0.5, 0.6) is 0 Å². The van der Waals surface area contributed by atoms with E-state index in [2.05, 4.69) is 9.88 Å². The number of rotatable bonds is 1. The van der Waals surface area contributed by atoms with Gasteiger partial charge in [-0.15, -0.1) is 0 Å². The Kier molecular flexibility index (Phi) is 2.27. The lowest BCUT2D eigenvalue weighted by atomic mass is 10.3. The number of hydrogen-bond donors (Lipinski definition) is 1. The minimum Gasteiger partial charge on any atom is -0.396 e. The number of pyridine rings is 1. The summed E-state index contributed by atoms with van der Waals surface area (Å²) < 4.78 is 0. The summed E-state index contributed by atoms with van der Waals surface area (Å²) in [7, 11) is 0. The lowest BCUT2D eigenvalue weighted by Gasteiger charge is -2.19. The molecule has 0 aliphatic carbocycles. The molecule has 1 aromatic heterocycles. The van der Waals surface area contributed by atoms with E-state index >= 15 is 0 Å². The molecule has 0 aromatic carbocycles. The summed E-state index contributed by atoms with van der Waals surface area (Å²) >= 11 is 5.80. The maximum atomic E-state index is 5.81. The van der Waals surface area contributed by atoms with Gasteiger partial charge in [-0.1, -0.05) is 11.6 Å². The molecule has 4 heteroatoms. The van der Waals surface area contributed by atoms with Crippen molar-refractivity contribution in [1.82, 2.24) is 4.98 Å². The number of anilines is 2. The van der Waals surface area contributed by atoms with Gasteiger partial charge in [0.05, 0.1) is 17.6 Å². The lowest BCUT2D eigenvalue weighted by Crippen LogP contribution is -2.19. The number of nitrogens with zero attached hydrogens (tertiary/aromatic N) is 2. The summed E-state index contributed by atoms with van der Waals surface area (Å²) in [6.45, 7) is 2.15. The highest BCUT2D eigenvalue weighted by molar-refractivity contribution is 6.29. The molecule has 1 aliphatic heterocycles. The summed E-state index contributed by atoms with van der Waals surface area (Å²) in [4.78, 5) is 6.18. The Balaban J connectivity index is 2.32. The molecule has 13 heavy (non-hydrogen) atoms. The molecule has 0 bridgehead atoms. The summed E-state index contributed by atoms with van der Waals surface area (Å²) in [5.74, 6) is 0. The van der Waals surface area contributed by atoms with Crippen molar-refractivity contribution in [2.24, 2.45) is 0 Å². The first-order valence-electron chi connectivity index (χ1n) is 4.43. The van der Waals surface area contributed by atoms with Crippen LogP contribution in [0.15, 0.2) is 12.3 Å². The van der Waals surface area contributed by atoms with Crippen LogP contribution >= 0.6 is 11.6 Å². The van der Waals surface area contributed by atoms with E-state index in [9.17, 15) is 0 Å². The van der Waals surface area contributed by atoms with Gasteiger partial charge in [0.2, 0.25) is 0 Å². The van der Waals surface area contributed by atoms with Crippen LogP contribution in [0.25, 0.3) is 0 Å². The van der Waals surface area contributed by atoms with Gasteiger partial charge in [0.1, 0.15) is 5.15 Å². The molecule has 0 spiro atoms. The number of halogens is 1. The van der Waals surface area contributed by atoms with Crippen LogP contribution in [0.2, 0.25) is 5.15 Å². The normalized spacial score (nSPS) is 16.5. The molecule has 2 N–H and O–H groups in total. The van der Waals surface area contributed by atoms with E-state index in [1.165, 1.54) is 12.8 Å². The van der Waals surface area contributed by atoms with E-state index in [4.69, 9.17) is 17.3 Å². The van der Waals surface area contributed by atoms with E-state index < -0.39 is 0 Å². The number of nitrogen functional groups attached to an aromatic ring is 1. The Morgan fingerprint density at radius 2 is 2.08 bits per heavy atom. The van der Waals surface area contributed by atoms with Gasteiger partial charge in [-0.25, -0.2) is 4.98 Å². The molecule has 0 saturated carbocycles. The number of hydrogen-bond acceptors (Lipinski definition) is 3. The van der Waals surface area contributed by atoms with Gasteiger partial charge in [0.25, 0.3) is 0 Å². The minimum absolute atomic E-state index is 0.510. The molecule has 1 aromatic rings. The van der Waals surface area contributed by atoms with Gasteiger partial charge in [0.15, 0.2) is 0 Å². The van der Waals surface area contributed by atoms with Crippen molar-refractivity contribution in [2.75, 3.05) is 23.7 Å². The molecule has 0 unspecified atom stereocenters. The van der Waals surface area contributed by atoms with Crippen LogP contribution in [0.3, 0.4) is 0 Å². The average molecular weight is 198 g/mol. The topological polar surface area (TPSA) is 42.1 Å². The summed E-state index contributed by atoms with van der Waals surface area (Å²) in [6.07, 6.45) is 4.09. The summed E-state index contributed by atoms with van der Waals surface area (Å²) in [6, 6.07) is 1.84. The zero-order chi connectivity index (χ0) is 9.26. The first-order chi connectivity index (χ1) is 6.27. The molecular formula is C9H12ClN3. The predicted octanol–water partition coefficient (Wildman–Crippen LogP) is 1.92. The van der Waals surface area contributed by atoms with Crippen molar-refractivity contribution < 1.29 is 0 Å². The van der Waals surface area contributed by atoms with Crippen molar-refractivity contribution in [3.8, 4) is 0 Å². The van der Waals surface area contributed by atoms with E-state index in [0.29, 0.717) is 10.8 Å². The molecular weight excluding hydrogens is 186 g/mol. The predicted molar refractivity (Wildman–Crippen MR) is 55.1 cm³/mol. The van der Waals surface area contributed by atoms with Gasteiger partial charge < -0.3 is 10.6 Å². The SMILES string of the molecule is Nc1cnc(Cl)cc1N1CCCC1. The first-order valence-corrected chi connectivity index (χ1v) is 4.81. The van der Waals surface area contributed by atoms with Crippen molar-refractivity contribution in [2.45, 2.75) is 12.8 Å². The Hall–Kier alpha value is -0.960. The first kappa shape index (κ1) is 8.63. The minimum atomic E-state index is 0.510. The van der Waals surface area contributed by atoms with Gasteiger partial charge >= 0.3 is 0 Å². The molecule has 1 fully saturated rings. The van der Waals surface area contributed by atoms with Gasteiger partial charge in [-0.2, -0.15) is 0 Å². The van der Waals surface area contributed by atoms with Crippen LogP contribution in [0.4, 0.5) is 11.4 Å². The fraction of sp³-hybridized carbons (Fsp3) is 0.444. The van der Waals surface area contributed by atoms with E-state index in [1.54, 1.807) is 6.20 Å². The van der Waals surface area contributed by atoms with Gasteiger partial charge in [0, 0.05) is 19.2 Å². The largest absolute Gasteiger partial charge is 0.396 e. The Morgan fingerprint density at radius 1 is 1.38 bits per heavy atom. The van der Waals surface area contributed by atoms with Crippen molar-refractivity contribution >= 4 is 23.0 Å². The molecule has 1 aliphatic rings. The third-order valence-electron chi connectivity index (χ3n) is 2.33. The van der Waals surface area contributed by atoms with Crippen LogP contribution < -0.4 is 10.6 Å². The fourth-order valence-electron chi connectivity index (χ4n) is 1.66. The Bertz CT molecular complexity index is 308. The van der Waals surface area contributed by atoms with Gasteiger partial charge in [-0.05, 0) is 12.8 Å². The third-order valence-corrected chi connectivity index (χ3v) is 2.53. The number of nitrogens with two attached hydrogens (primary N) is 1. The van der Waals surface area contributed by atoms with E-state index in [0.717, 1.165) is 18.8 Å². The highest BCUT2D eigenvalue weighted by Gasteiger charge is 2.15. The zero-order valence-corrected chi connectivity index (χ0v) is 8.09. The van der Waals surface area contributed by atoms with Crippen LogP contribution in [-0.4, -0.2) is 18.1 Å². The highest BCUT2D eigenvalue weighted by atomic mass is 35.5. The summed E-state index contributed by atoms with van der Waals surface area (Å²) in [5.41, 5.74) is 7.55. The number of aromatic nitrogens is 1. The van der Waals surface area contributed by atoms with Crippen LogP contribution in [0.1, 0.15) is 12.8 Å². The van der Waals surface area contributed by atoms with Gasteiger partial charge in [-0.3, -0.25) is 0 Å². The Morgan fingerprint density at radius 3 is 2.77 bits per heavy atom. The third kappa shape index (κ3) is 1.70. The zero-order valence-electron chi connectivity index (χ0n) is 7.33. The molecule has 70 valence electrons. The highest BCUT2D eigenvalue weighted by Crippen LogP contribution is 2.27. The standard InChI is InChI=1S/C9H12ClN3/c10-9-5-8(7(11)6-12-9)13-3-1-2-4-13/h5-6H,1-4,11H2. The fourth-order valence-corrected chi connectivity index (χ4v) is 1.81. The lowest BCUT2D eigenvalue weighted by molar-refractivity contribution is 0.949. The molecule has 1 saturated heterocycles. The second-order valence-corrected chi connectivity index (χ2v) is 3.65. The monoisotopic (exact) mass is 197 g/mol. The van der Waals surface area contributed by atoms with Crippen molar-refractivity contribution in [3.63, 3.8) is 0 Å². The quantitative estimate of drug-likeness (QED) is 0.700. The smallest absolute Gasteiger partial charge is 0.131 e. The molecule has 2 heterocycles. The summed E-state index contributed by atoms with van der Waals surface area (Å²) in [5, 5.41) is 0.510. The molecule has 0 amide bonds. The van der Waals surface area contributed by atoms with E-state index in [1.807, 2.05) is 6.07 Å². The van der Waals surface area contributed by atoms with Crippen molar-refractivity contribution in [3.05, 3.63) is 17.4 Å². The maximum Gasteiger partial charge on any atom is 0.131 e. The molecule has 3 nitrogen and oxygen atoms in total.